The van der Waals surface area contributed by atoms with Gasteiger partial charge >= 0.3 is 0 Å². The lowest BCUT2D eigenvalue weighted by atomic mass is 10.0. The molecule has 0 aliphatic rings. The van der Waals surface area contributed by atoms with Gasteiger partial charge in [-0.25, -0.2) is 0 Å². The van der Waals surface area contributed by atoms with Crippen molar-refractivity contribution in [2.45, 2.75) is 231 Å². The second kappa shape index (κ2) is 41.8. The molecule has 0 aromatic heterocycles. The Labute approximate surface area is 312 Å². The predicted octanol–water partition coefficient (Wildman–Crippen LogP) is 13.6. The molecule has 0 rings (SSSR count). The van der Waals surface area contributed by atoms with E-state index >= 15 is 0 Å². The zero-order valence-corrected chi connectivity index (χ0v) is 33.4. The first-order chi connectivity index (χ1) is 24.7. The second-order valence-corrected chi connectivity index (χ2v) is 14.8. The van der Waals surface area contributed by atoms with Crippen molar-refractivity contribution in [2.24, 2.45) is 0 Å². The van der Waals surface area contributed by atoms with Crippen LogP contribution in [0.1, 0.15) is 219 Å². The van der Waals surface area contributed by atoms with Crippen molar-refractivity contribution in [1.82, 2.24) is 5.32 Å². The highest BCUT2D eigenvalue weighted by molar-refractivity contribution is 5.76. The van der Waals surface area contributed by atoms with E-state index in [9.17, 15) is 15.0 Å². The molecule has 0 aromatic rings. The Kier molecular flexibility index (Phi) is 40.4. The molecule has 0 fully saturated rings. The summed E-state index contributed by atoms with van der Waals surface area (Å²) in [5.74, 6) is -0.0761. The van der Waals surface area contributed by atoms with Crippen molar-refractivity contribution in [3.63, 3.8) is 0 Å². The highest BCUT2D eigenvalue weighted by atomic mass is 16.3. The number of nitrogens with one attached hydrogen (secondary N) is 1. The minimum atomic E-state index is -0.861. The van der Waals surface area contributed by atoms with E-state index in [0.29, 0.717) is 6.42 Å². The quantitative estimate of drug-likeness (QED) is 0.0442. The number of aliphatic hydroxyl groups is 2. The molecular formula is C46H85NO3. The van der Waals surface area contributed by atoms with Gasteiger partial charge in [-0.3, -0.25) is 4.79 Å². The van der Waals surface area contributed by atoms with Crippen LogP contribution in [0.15, 0.2) is 48.6 Å². The lowest BCUT2D eigenvalue weighted by molar-refractivity contribution is -0.123. The lowest BCUT2D eigenvalue weighted by Gasteiger charge is -2.19. The third-order valence-electron chi connectivity index (χ3n) is 9.78. The fourth-order valence-electron chi connectivity index (χ4n) is 6.40. The Balaban J connectivity index is 3.56. The van der Waals surface area contributed by atoms with Gasteiger partial charge in [-0.05, 0) is 64.2 Å². The van der Waals surface area contributed by atoms with Gasteiger partial charge in [-0.2, -0.15) is 0 Å². The van der Waals surface area contributed by atoms with E-state index in [1.165, 1.54) is 161 Å². The average molecular weight is 700 g/mol. The normalized spacial score (nSPS) is 13.4. The van der Waals surface area contributed by atoms with E-state index in [2.05, 4.69) is 55.6 Å². The number of hydrogen-bond acceptors (Lipinski definition) is 3. The summed E-state index contributed by atoms with van der Waals surface area (Å²) >= 11 is 0. The zero-order valence-electron chi connectivity index (χ0n) is 33.4. The first kappa shape index (κ1) is 48.3. The summed E-state index contributed by atoms with van der Waals surface area (Å²) in [6.45, 7) is 4.27. The summed E-state index contributed by atoms with van der Waals surface area (Å²) in [7, 11) is 0. The maximum atomic E-state index is 12.4. The molecule has 2 unspecified atom stereocenters. The number of aliphatic hydroxyl groups excluding tert-OH is 2. The second-order valence-electron chi connectivity index (χ2n) is 14.8. The van der Waals surface area contributed by atoms with Crippen molar-refractivity contribution < 1.29 is 15.0 Å². The molecule has 292 valence electrons. The summed E-state index contributed by atoms with van der Waals surface area (Å²) in [5.41, 5.74) is 0. The number of carbonyl (C=O) groups excluding carboxylic acids is 1. The molecule has 0 aromatic carbocycles. The van der Waals surface area contributed by atoms with Gasteiger partial charge in [-0.15, -0.1) is 0 Å². The number of rotatable bonds is 39. The average Bonchev–Trinajstić information content (AvgIpc) is 3.12. The molecule has 0 saturated carbocycles. The highest BCUT2D eigenvalue weighted by Crippen LogP contribution is 2.14. The van der Waals surface area contributed by atoms with Gasteiger partial charge in [0, 0.05) is 6.42 Å². The molecule has 2 atom stereocenters. The topological polar surface area (TPSA) is 69.6 Å². The Morgan fingerprint density at radius 3 is 1.28 bits per heavy atom. The van der Waals surface area contributed by atoms with Gasteiger partial charge in [0.1, 0.15) is 0 Å². The number of unbranched alkanes of at least 4 members (excludes halogenated alkanes) is 26. The van der Waals surface area contributed by atoms with Crippen molar-refractivity contribution in [1.29, 1.82) is 0 Å². The minimum absolute atomic E-state index is 0.0761. The summed E-state index contributed by atoms with van der Waals surface area (Å²) in [5, 5.41) is 22.9. The third-order valence-corrected chi connectivity index (χ3v) is 9.78. The molecule has 0 heterocycles. The summed E-state index contributed by atoms with van der Waals surface area (Å²) in [4.78, 5) is 12.4. The van der Waals surface area contributed by atoms with Gasteiger partial charge in [0.2, 0.25) is 5.91 Å². The number of allylic oxidation sites excluding steroid dienone is 7. The number of carbonyl (C=O) groups is 1. The molecule has 4 heteroatoms. The Bertz CT molecular complexity index is 801. The van der Waals surface area contributed by atoms with E-state index in [1.54, 1.807) is 6.08 Å². The molecule has 0 radical (unpaired) electrons. The van der Waals surface area contributed by atoms with Crippen LogP contribution >= 0.6 is 0 Å². The van der Waals surface area contributed by atoms with Crippen molar-refractivity contribution in [3.05, 3.63) is 48.6 Å². The minimum Gasteiger partial charge on any atom is -0.394 e. The molecule has 3 N–H and O–H groups in total. The van der Waals surface area contributed by atoms with E-state index < -0.39 is 12.1 Å². The highest BCUT2D eigenvalue weighted by Gasteiger charge is 2.17. The largest absolute Gasteiger partial charge is 0.394 e. The zero-order chi connectivity index (χ0) is 36.4. The SMILES string of the molecule is CCCCCCC/C=C\C/C=C\CCCCCCCCCCCCCCCC(=O)NC(CO)C(O)/C=C/CC/C=C/CCCCCCCCC. The van der Waals surface area contributed by atoms with Gasteiger partial charge in [-0.1, -0.05) is 197 Å². The van der Waals surface area contributed by atoms with Crippen molar-refractivity contribution in [3.8, 4) is 0 Å². The third kappa shape index (κ3) is 37.6. The maximum Gasteiger partial charge on any atom is 0.220 e. The Morgan fingerprint density at radius 2 is 0.840 bits per heavy atom. The van der Waals surface area contributed by atoms with Gasteiger partial charge in [0.05, 0.1) is 18.8 Å². The predicted molar refractivity (Wildman–Crippen MR) is 221 cm³/mol. The van der Waals surface area contributed by atoms with Crippen molar-refractivity contribution in [2.75, 3.05) is 6.61 Å². The van der Waals surface area contributed by atoms with Crippen LogP contribution in [0.2, 0.25) is 0 Å². The molecule has 0 aliphatic carbocycles. The Morgan fingerprint density at radius 1 is 0.480 bits per heavy atom. The lowest BCUT2D eigenvalue weighted by Crippen LogP contribution is -2.45. The van der Waals surface area contributed by atoms with Crippen LogP contribution in [0.4, 0.5) is 0 Å². The van der Waals surface area contributed by atoms with Crippen LogP contribution < -0.4 is 5.32 Å². The summed E-state index contributed by atoms with van der Waals surface area (Å²) in [6, 6.07) is -0.638. The van der Waals surface area contributed by atoms with Gasteiger partial charge in [0.25, 0.3) is 0 Å². The molecular weight excluding hydrogens is 615 g/mol. The molecule has 0 saturated heterocycles. The molecule has 0 bridgehead atoms. The van der Waals surface area contributed by atoms with E-state index in [-0.39, 0.29) is 12.5 Å². The maximum absolute atomic E-state index is 12.4. The first-order valence-electron chi connectivity index (χ1n) is 21.9. The first-order valence-corrected chi connectivity index (χ1v) is 21.9. The molecule has 4 nitrogen and oxygen atoms in total. The van der Waals surface area contributed by atoms with Crippen LogP contribution in [0.3, 0.4) is 0 Å². The molecule has 0 spiro atoms. The van der Waals surface area contributed by atoms with Crippen LogP contribution in [0, 0.1) is 0 Å². The Hall–Kier alpha value is -1.65. The monoisotopic (exact) mass is 700 g/mol. The van der Waals surface area contributed by atoms with E-state index in [1.807, 2.05) is 6.08 Å². The van der Waals surface area contributed by atoms with Crippen LogP contribution in [-0.4, -0.2) is 34.9 Å². The summed E-state index contributed by atoms with van der Waals surface area (Å²) < 4.78 is 0. The standard InChI is InChI=1S/C46H85NO3/c1-3-5-7-9-11-13-15-17-18-19-20-21-22-23-24-25-26-27-28-30-32-34-36-38-40-42-46(50)47-44(43-48)45(49)41-39-37-35-33-31-29-16-14-12-10-8-6-4-2/h15,17,19-20,31,33,39,41,44-45,48-49H,3-14,16,18,21-30,32,34-38,40,42-43H2,1-2H3,(H,47,50)/b17-15-,20-19-,33-31+,41-39+. The summed E-state index contributed by atoms with van der Waals surface area (Å²) in [6.07, 6.45) is 56.5. The molecule has 1 amide bonds. The van der Waals surface area contributed by atoms with Crippen LogP contribution in [0.25, 0.3) is 0 Å². The fraction of sp³-hybridized carbons (Fsp3) is 0.804. The molecule has 0 aliphatic heterocycles. The van der Waals surface area contributed by atoms with Gasteiger partial charge < -0.3 is 15.5 Å². The smallest absolute Gasteiger partial charge is 0.220 e. The van der Waals surface area contributed by atoms with Crippen LogP contribution in [0.5, 0.6) is 0 Å². The van der Waals surface area contributed by atoms with Crippen molar-refractivity contribution >= 4 is 5.91 Å². The number of hydrogen-bond donors (Lipinski definition) is 3. The molecule has 50 heavy (non-hydrogen) atoms. The van der Waals surface area contributed by atoms with E-state index in [0.717, 1.165) is 38.5 Å². The van der Waals surface area contributed by atoms with E-state index in [4.69, 9.17) is 0 Å². The fourth-order valence-corrected chi connectivity index (χ4v) is 6.40. The number of amides is 1. The van der Waals surface area contributed by atoms with Gasteiger partial charge in [0.15, 0.2) is 0 Å². The van der Waals surface area contributed by atoms with Crippen LogP contribution in [-0.2, 0) is 4.79 Å².